The summed E-state index contributed by atoms with van der Waals surface area (Å²) in [6.07, 6.45) is 5.02. The maximum atomic E-state index is 12.0. The smallest absolute Gasteiger partial charge is 0.338 e. The summed E-state index contributed by atoms with van der Waals surface area (Å²) in [5, 5.41) is 0.875. The van der Waals surface area contributed by atoms with Crippen molar-refractivity contribution >= 4 is 17.3 Å². The van der Waals surface area contributed by atoms with E-state index in [2.05, 4.69) is 11.9 Å². The standard InChI is InChI=1S/C18H21NO4S/c1-3-16-10-19-17(24-16)12-7-13(18(20)21-2)9-15(8-12)23-11-14-5-4-6-22-14/h7-10,14H,3-6,11H2,1-2H3/t14-/m1/s1. The van der Waals surface area contributed by atoms with Crippen LogP contribution in [-0.2, 0) is 15.9 Å². The third kappa shape index (κ3) is 3.94. The van der Waals surface area contributed by atoms with Crippen LogP contribution in [0.15, 0.2) is 24.4 Å². The molecule has 3 rings (SSSR count). The molecule has 5 nitrogen and oxygen atoms in total. The molecule has 1 aromatic carbocycles. The molecule has 0 bridgehead atoms. The zero-order valence-corrected chi connectivity index (χ0v) is 14.7. The fourth-order valence-electron chi connectivity index (χ4n) is 2.61. The average molecular weight is 347 g/mol. The highest BCUT2D eigenvalue weighted by atomic mass is 32.1. The highest BCUT2D eigenvalue weighted by Gasteiger charge is 2.18. The van der Waals surface area contributed by atoms with Crippen LogP contribution in [0.1, 0.15) is 35.0 Å². The molecule has 0 saturated carbocycles. The first-order valence-electron chi connectivity index (χ1n) is 8.12. The molecule has 1 aromatic heterocycles. The van der Waals surface area contributed by atoms with Crippen LogP contribution in [0, 0.1) is 0 Å². The number of thiazole rings is 1. The van der Waals surface area contributed by atoms with Gasteiger partial charge >= 0.3 is 5.97 Å². The monoisotopic (exact) mass is 347 g/mol. The highest BCUT2D eigenvalue weighted by Crippen LogP contribution is 2.30. The number of carbonyl (C=O) groups excluding carboxylic acids is 1. The molecule has 0 radical (unpaired) electrons. The molecule has 2 aromatic rings. The largest absolute Gasteiger partial charge is 0.491 e. The first kappa shape index (κ1) is 16.9. The Morgan fingerprint density at radius 2 is 2.29 bits per heavy atom. The Labute approximate surface area is 145 Å². The molecule has 1 saturated heterocycles. The van der Waals surface area contributed by atoms with Crippen molar-refractivity contribution in [3.63, 3.8) is 0 Å². The van der Waals surface area contributed by atoms with Crippen LogP contribution in [-0.4, -0.2) is 37.4 Å². The fourth-order valence-corrected chi connectivity index (χ4v) is 3.45. The summed E-state index contributed by atoms with van der Waals surface area (Å²) < 4.78 is 16.3. The molecule has 0 N–H and O–H groups in total. The number of aromatic nitrogens is 1. The van der Waals surface area contributed by atoms with Crippen LogP contribution >= 0.6 is 11.3 Å². The molecule has 6 heteroatoms. The molecule has 0 spiro atoms. The number of nitrogens with zero attached hydrogens (tertiary/aromatic N) is 1. The van der Waals surface area contributed by atoms with E-state index in [0.29, 0.717) is 17.9 Å². The van der Waals surface area contributed by atoms with Gasteiger partial charge in [0.25, 0.3) is 0 Å². The number of esters is 1. The third-order valence-electron chi connectivity index (χ3n) is 3.94. The van der Waals surface area contributed by atoms with Crippen molar-refractivity contribution in [3.05, 3.63) is 34.8 Å². The van der Waals surface area contributed by atoms with Crippen molar-refractivity contribution in [3.8, 4) is 16.3 Å². The molecule has 0 amide bonds. The van der Waals surface area contributed by atoms with Gasteiger partial charge in [-0.2, -0.15) is 0 Å². The minimum absolute atomic E-state index is 0.127. The summed E-state index contributed by atoms with van der Waals surface area (Å²) in [6, 6.07) is 5.42. The number of hydrogen-bond acceptors (Lipinski definition) is 6. The number of rotatable bonds is 6. The second kappa shape index (κ2) is 7.77. The van der Waals surface area contributed by atoms with Gasteiger partial charge in [0, 0.05) is 23.2 Å². The Bertz CT molecular complexity index is 707. The van der Waals surface area contributed by atoms with E-state index >= 15 is 0 Å². The van der Waals surface area contributed by atoms with Crippen LogP contribution < -0.4 is 4.74 Å². The summed E-state index contributed by atoms with van der Waals surface area (Å²) in [6.45, 7) is 3.38. The van der Waals surface area contributed by atoms with E-state index in [1.165, 1.54) is 12.0 Å². The number of carbonyl (C=O) groups is 1. The summed E-state index contributed by atoms with van der Waals surface area (Å²) in [7, 11) is 1.38. The van der Waals surface area contributed by atoms with Crippen LogP contribution in [0.3, 0.4) is 0 Å². The van der Waals surface area contributed by atoms with Crippen LogP contribution in [0.25, 0.3) is 10.6 Å². The number of aryl methyl sites for hydroxylation is 1. The lowest BCUT2D eigenvalue weighted by Gasteiger charge is -2.13. The van der Waals surface area contributed by atoms with E-state index in [9.17, 15) is 4.79 Å². The van der Waals surface area contributed by atoms with Gasteiger partial charge in [-0.1, -0.05) is 6.92 Å². The molecule has 1 aliphatic heterocycles. The van der Waals surface area contributed by atoms with E-state index < -0.39 is 0 Å². The highest BCUT2D eigenvalue weighted by molar-refractivity contribution is 7.15. The van der Waals surface area contributed by atoms with E-state index in [4.69, 9.17) is 14.2 Å². The van der Waals surface area contributed by atoms with Gasteiger partial charge in [0.05, 0.1) is 18.8 Å². The molecule has 1 atom stereocenters. The predicted molar refractivity (Wildman–Crippen MR) is 92.7 cm³/mol. The lowest BCUT2D eigenvalue weighted by atomic mass is 10.1. The molecule has 1 fully saturated rings. The van der Waals surface area contributed by atoms with Gasteiger partial charge in [0.15, 0.2) is 0 Å². The summed E-state index contributed by atoms with van der Waals surface area (Å²) in [5.74, 6) is 0.253. The van der Waals surface area contributed by atoms with Crippen molar-refractivity contribution in [2.24, 2.45) is 0 Å². The quantitative estimate of drug-likeness (QED) is 0.746. The van der Waals surface area contributed by atoms with Gasteiger partial charge in [0.1, 0.15) is 17.4 Å². The van der Waals surface area contributed by atoms with Crippen LogP contribution in [0.5, 0.6) is 5.75 Å². The molecule has 0 aliphatic carbocycles. The topological polar surface area (TPSA) is 57.7 Å². The Balaban J connectivity index is 1.86. The van der Waals surface area contributed by atoms with E-state index in [-0.39, 0.29) is 12.1 Å². The number of ether oxygens (including phenoxy) is 3. The van der Waals surface area contributed by atoms with Gasteiger partial charge in [-0.15, -0.1) is 11.3 Å². The van der Waals surface area contributed by atoms with Crippen LogP contribution in [0.2, 0.25) is 0 Å². The fraction of sp³-hybridized carbons (Fsp3) is 0.444. The SMILES string of the molecule is CCc1cnc(-c2cc(OC[C@H]3CCCO3)cc(C(=O)OC)c2)s1. The van der Waals surface area contributed by atoms with Gasteiger partial charge in [0.2, 0.25) is 0 Å². The van der Waals surface area contributed by atoms with E-state index in [1.807, 2.05) is 12.3 Å². The summed E-state index contributed by atoms with van der Waals surface area (Å²) in [5.41, 5.74) is 1.33. The Hall–Kier alpha value is -1.92. The molecule has 1 aliphatic rings. The zero-order chi connectivity index (χ0) is 16.9. The summed E-state index contributed by atoms with van der Waals surface area (Å²) >= 11 is 1.62. The molecular weight excluding hydrogens is 326 g/mol. The van der Waals surface area contributed by atoms with E-state index in [1.54, 1.807) is 23.5 Å². The number of methoxy groups -OCH3 is 1. The Morgan fingerprint density at radius 3 is 2.96 bits per heavy atom. The number of benzene rings is 1. The molecular formula is C18H21NO4S. The zero-order valence-electron chi connectivity index (χ0n) is 13.9. The first-order chi connectivity index (χ1) is 11.7. The Morgan fingerprint density at radius 1 is 1.42 bits per heavy atom. The van der Waals surface area contributed by atoms with Crippen molar-refractivity contribution in [2.45, 2.75) is 32.3 Å². The van der Waals surface area contributed by atoms with Crippen molar-refractivity contribution < 1.29 is 19.0 Å². The van der Waals surface area contributed by atoms with Gasteiger partial charge in [-0.05, 0) is 37.5 Å². The van der Waals surface area contributed by atoms with Gasteiger partial charge in [-0.25, -0.2) is 9.78 Å². The molecule has 2 heterocycles. The van der Waals surface area contributed by atoms with Crippen molar-refractivity contribution in [1.29, 1.82) is 0 Å². The predicted octanol–water partition coefficient (Wildman–Crippen LogP) is 3.72. The van der Waals surface area contributed by atoms with E-state index in [0.717, 1.165) is 36.4 Å². The number of hydrogen-bond donors (Lipinski definition) is 0. The second-order valence-corrected chi connectivity index (χ2v) is 6.78. The normalized spacial score (nSPS) is 17.0. The maximum absolute atomic E-state index is 12.0. The lowest BCUT2D eigenvalue weighted by molar-refractivity contribution is 0.0598. The third-order valence-corrected chi connectivity index (χ3v) is 5.13. The maximum Gasteiger partial charge on any atom is 0.338 e. The van der Waals surface area contributed by atoms with Crippen molar-refractivity contribution in [1.82, 2.24) is 4.98 Å². The van der Waals surface area contributed by atoms with Gasteiger partial charge in [-0.3, -0.25) is 0 Å². The molecule has 24 heavy (non-hydrogen) atoms. The van der Waals surface area contributed by atoms with Gasteiger partial charge < -0.3 is 14.2 Å². The van der Waals surface area contributed by atoms with Crippen molar-refractivity contribution in [2.75, 3.05) is 20.3 Å². The minimum Gasteiger partial charge on any atom is -0.491 e. The Kier molecular flexibility index (Phi) is 5.48. The molecule has 128 valence electrons. The first-order valence-corrected chi connectivity index (χ1v) is 8.94. The summed E-state index contributed by atoms with van der Waals surface area (Å²) in [4.78, 5) is 17.6. The molecule has 0 unspecified atom stereocenters. The second-order valence-electron chi connectivity index (χ2n) is 5.67. The van der Waals surface area contributed by atoms with Crippen LogP contribution in [0.4, 0.5) is 0 Å². The minimum atomic E-state index is -0.383. The lowest BCUT2D eigenvalue weighted by Crippen LogP contribution is -2.16. The average Bonchev–Trinajstić information content (AvgIpc) is 3.30.